The van der Waals surface area contributed by atoms with Gasteiger partial charge in [-0.25, -0.2) is 14.8 Å². The fraction of sp³-hybridized carbons (Fsp3) is 0.167. The molecule has 0 unspecified atom stereocenters. The van der Waals surface area contributed by atoms with E-state index in [-0.39, 0.29) is 17.9 Å². The van der Waals surface area contributed by atoms with E-state index in [1.807, 2.05) is 0 Å². The summed E-state index contributed by atoms with van der Waals surface area (Å²) in [7, 11) is 0. The van der Waals surface area contributed by atoms with Crippen molar-refractivity contribution in [2.75, 3.05) is 6.54 Å². The van der Waals surface area contributed by atoms with Crippen molar-refractivity contribution in [1.29, 1.82) is 0 Å². The lowest BCUT2D eigenvalue weighted by atomic mass is 10.3. The number of nitrogens with one attached hydrogen (secondary N) is 1. The van der Waals surface area contributed by atoms with Crippen molar-refractivity contribution in [1.82, 2.24) is 15.3 Å². The molecule has 6 nitrogen and oxygen atoms in total. The van der Waals surface area contributed by atoms with Gasteiger partial charge in [-0.1, -0.05) is 6.07 Å². The van der Waals surface area contributed by atoms with Crippen molar-refractivity contribution >= 4 is 23.2 Å². The van der Waals surface area contributed by atoms with Crippen LogP contribution in [0.15, 0.2) is 23.6 Å². The lowest BCUT2D eigenvalue weighted by molar-refractivity contribution is 0.0690. The van der Waals surface area contributed by atoms with E-state index in [9.17, 15) is 14.0 Å². The molecule has 0 fully saturated rings. The van der Waals surface area contributed by atoms with Crippen molar-refractivity contribution in [2.24, 2.45) is 0 Å². The zero-order valence-corrected chi connectivity index (χ0v) is 11.0. The molecule has 2 aromatic heterocycles. The number of hydrogen-bond acceptors (Lipinski definition) is 5. The van der Waals surface area contributed by atoms with Gasteiger partial charge in [-0.2, -0.15) is 4.39 Å². The second-order valence-electron chi connectivity index (χ2n) is 3.78. The van der Waals surface area contributed by atoms with Gasteiger partial charge in [0.2, 0.25) is 5.95 Å². The van der Waals surface area contributed by atoms with Crippen molar-refractivity contribution in [3.63, 3.8) is 0 Å². The Morgan fingerprint density at radius 2 is 2.10 bits per heavy atom. The molecule has 0 aliphatic rings. The van der Waals surface area contributed by atoms with Crippen molar-refractivity contribution < 1.29 is 19.1 Å². The maximum atomic E-state index is 12.8. The largest absolute Gasteiger partial charge is 0.476 e. The number of pyridine rings is 1. The molecule has 0 aromatic carbocycles. The number of carbonyl (C=O) groups excluding carboxylic acids is 1. The van der Waals surface area contributed by atoms with E-state index in [2.05, 4.69) is 15.3 Å². The first-order valence-electron chi connectivity index (χ1n) is 5.64. The molecule has 0 aliphatic heterocycles. The highest BCUT2D eigenvalue weighted by Gasteiger charge is 2.10. The molecular weight excluding hydrogens is 285 g/mol. The van der Waals surface area contributed by atoms with Crippen LogP contribution in [0.4, 0.5) is 4.39 Å². The minimum absolute atomic E-state index is 0.00429. The molecule has 2 aromatic rings. The van der Waals surface area contributed by atoms with Gasteiger partial charge < -0.3 is 10.4 Å². The number of hydrogen-bond donors (Lipinski definition) is 2. The van der Waals surface area contributed by atoms with Gasteiger partial charge >= 0.3 is 5.97 Å². The van der Waals surface area contributed by atoms with Crippen molar-refractivity contribution in [2.45, 2.75) is 6.42 Å². The Bertz CT molecular complexity index is 644. The molecule has 0 radical (unpaired) electrons. The quantitative estimate of drug-likeness (QED) is 0.812. The maximum absolute atomic E-state index is 12.8. The van der Waals surface area contributed by atoms with Crippen LogP contribution < -0.4 is 5.32 Å². The Labute approximate surface area is 117 Å². The summed E-state index contributed by atoms with van der Waals surface area (Å²) in [6.07, 6.45) is 0.402. The monoisotopic (exact) mass is 295 g/mol. The summed E-state index contributed by atoms with van der Waals surface area (Å²) < 4.78 is 12.8. The average molecular weight is 295 g/mol. The number of nitrogens with zero attached hydrogens (tertiary/aromatic N) is 2. The number of aromatic carboxylic acids is 1. The van der Waals surface area contributed by atoms with Gasteiger partial charge in [0.1, 0.15) is 5.69 Å². The van der Waals surface area contributed by atoms with Gasteiger partial charge in [0, 0.05) is 18.3 Å². The van der Waals surface area contributed by atoms with E-state index in [0.29, 0.717) is 11.4 Å². The average Bonchev–Trinajstić information content (AvgIpc) is 2.87. The van der Waals surface area contributed by atoms with Crippen LogP contribution in [0.3, 0.4) is 0 Å². The topological polar surface area (TPSA) is 92.2 Å². The van der Waals surface area contributed by atoms with E-state index in [0.717, 1.165) is 6.07 Å². The normalized spacial score (nSPS) is 10.2. The number of amides is 1. The maximum Gasteiger partial charge on any atom is 0.355 e. The lowest BCUT2D eigenvalue weighted by Gasteiger charge is -2.02. The Morgan fingerprint density at radius 1 is 1.30 bits per heavy atom. The predicted molar refractivity (Wildman–Crippen MR) is 69.3 cm³/mol. The number of thiazole rings is 1. The van der Waals surface area contributed by atoms with Crippen molar-refractivity contribution in [3.05, 3.63) is 45.9 Å². The van der Waals surface area contributed by atoms with Crippen LogP contribution in [0.2, 0.25) is 0 Å². The summed E-state index contributed by atoms with van der Waals surface area (Å²) in [6.45, 7) is 0.267. The summed E-state index contributed by atoms with van der Waals surface area (Å²) in [6, 6.07) is 3.96. The lowest BCUT2D eigenvalue weighted by Crippen LogP contribution is -2.26. The molecule has 2 N–H and O–H groups in total. The molecule has 0 aliphatic carbocycles. The van der Waals surface area contributed by atoms with E-state index in [1.54, 1.807) is 0 Å². The summed E-state index contributed by atoms with van der Waals surface area (Å²) in [5, 5.41) is 13.3. The third-order valence-electron chi connectivity index (χ3n) is 2.34. The first kappa shape index (κ1) is 14.1. The summed E-state index contributed by atoms with van der Waals surface area (Å²) in [5.41, 5.74) is -0.0153. The Morgan fingerprint density at radius 3 is 2.75 bits per heavy atom. The van der Waals surface area contributed by atoms with Crippen LogP contribution >= 0.6 is 11.3 Å². The predicted octanol–water partition coefficient (Wildman–Crippen LogP) is 1.35. The van der Waals surface area contributed by atoms with E-state index in [4.69, 9.17) is 5.11 Å². The molecule has 0 bridgehead atoms. The molecule has 0 atom stereocenters. The zero-order valence-electron chi connectivity index (χ0n) is 10.2. The third kappa shape index (κ3) is 3.58. The number of carboxylic acids is 1. The number of aromatic nitrogens is 2. The summed E-state index contributed by atoms with van der Waals surface area (Å²) in [4.78, 5) is 29.6. The number of halogens is 1. The van der Waals surface area contributed by atoms with E-state index in [1.165, 1.54) is 28.8 Å². The minimum Gasteiger partial charge on any atom is -0.476 e. The van der Waals surface area contributed by atoms with Crippen molar-refractivity contribution in [3.8, 4) is 0 Å². The molecule has 0 saturated carbocycles. The van der Waals surface area contributed by atoms with Gasteiger partial charge in [0.05, 0.1) is 5.01 Å². The second-order valence-corrected chi connectivity index (χ2v) is 4.73. The highest BCUT2D eigenvalue weighted by Crippen LogP contribution is 2.10. The number of carbonyl (C=O) groups is 2. The Kier molecular flexibility index (Phi) is 4.36. The van der Waals surface area contributed by atoms with Gasteiger partial charge in [-0.3, -0.25) is 4.79 Å². The van der Waals surface area contributed by atoms with Crippen LogP contribution in [0.5, 0.6) is 0 Å². The first-order valence-corrected chi connectivity index (χ1v) is 6.52. The zero-order chi connectivity index (χ0) is 14.5. The highest BCUT2D eigenvalue weighted by molar-refractivity contribution is 7.09. The molecule has 2 rings (SSSR count). The molecule has 2 heterocycles. The smallest absolute Gasteiger partial charge is 0.355 e. The first-order chi connectivity index (χ1) is 9.56. The fourth-order valence-corrected chi connectivity index (χ4v) is 2.20. The number of carboxylic acid groups (broad SMARTS) is 1. The standard InChI is InChI=1S/C12H10FN3O3S/c13-9-3-1-2-7(15-9)11(17)14-5-4-10-16-8(6-20-10)12(18)19/h1-3,6H,4-5H2,(H,14,17)(H,18,19). The van der Waals surface area contributed by atoms with Crippen LogP contribution in [0.25, 0.3) is 0 Å². The SMILES string of the molecule is O=C(O)c1csc(CCNC(=O)c2cccc(F)n2)n1. The fourth-order valence-electron chi connectivity index (χ4n) is 1.43. The van der Waals surface area contributed by atoms with Gasteiger partial charge in [-0.15, -0.1) is 11.3 Å². The summed E-state index contributed by atoms with van der Waals surface area (Å²) >= 11 is 1.21. The molecule has 0 spiro atoms. The van der Waals surface area contributed by atoms with Crippen LogP contribution in [-0.4, -0.2) is 33.5 Å². The molecule has 20 heavy (non-hydrogen) atoms. The van der Waals surface area contributed by atoms with Gasteiger partial charge in [0.25, 0.3) is 5.91 Å². The Balaban J connectivity index is 1.86. The highest BCUT2D eigenvalue weighted by atomic mass is 32.1. The Hall–Kier alpha value is -2.35. The molecule has 1 amide bonds. The van der Waals surface area contributed by atoms with E-state index < -0.39 is 17.8 Å². The van der Waals surface area contributed by atoms with E-state index >= 15 is 0 Å². The molecule has 0 saturated heterocycles. The van der Waals surface area contributed by atoms with Crippen LogP contribution in [0, 0.1) is 5.95 Å². The number of rotatable bonds is 5. The molecule has 104 valence electrons. The minimum atomic E-state index is -1.08. The van der Waals surface area contributed by atoms with Gasteiger partial charge in [-0.05, 0) is 12.1 Å². The third-order valence-corrected chi connectivity index (χ3v) is 3.25. The van der Waals surface area contributed by atoms with Gasteiger partial charge in [0.15, 0.2) is 5.69 Å². The van der Waals surface area contributed by atoms with Crippen LogP contribution in [-0.2, 0) is 6.42 Å². The summed E-state index contributed by atoms with van der Waals surface area (Å²) in [5.74, 6) is -2.29. The molecular formula is C12H10FN3O3S. The second kappa shape index (κ2) is 6.20. The van der Waals surface area contributed by atoms with Crippen LogP contribution in [0.1, 0.15) is 26.0 Å². The molecule has 8 heteroatoms.